The van der Waals surface area contributed by atoms with Gasteiger partial charge in [0, 0.05) is 30.4 Å². The molecule has 2 aromatic carbocycles. The highest BCUT2D eigenvalue weighted by atomic mass is 35.5. The molecule has 0 saturated carbocycles. The first-order valence-electron chi connectivity index (χ1n) is 12.4. The molecule has 10 nitrogen and oxygen atoms in total. The normalized spacial score (nSPS) is 13.8. The van der Waals surface area contributed by atoms with E-state index < -0.39 is 27.2 Å². The van der Waals surface area contributed by atoms with Crippen molar-refractivity contribution in [3.8, 4) is 5.75 Å². The Labute approximate surface area is 244 Å². The van der Waals surface area contributed by atoms with E-state index >= 15 is 4.39 Å². The van der Waals surface area contributed by atoms with E-state index in [1.54, 1.807) is 6.07 Å². The third kappa shape index (κ3) is 6.56. The number of benzene rings is 2. The van der Waals surface area contributed by atoms with E-state index in [-0.39, 0.29) is 25.5 Å². The molecule has 0 bridgehead atoms. The summed E-state index contributed by atoms with van der Waals surface area (Å²) in [6.07, 6.45) is 0. The van der Waals surface area contributed by atoms with Gasteiger partial charge in [-0.1, -0.05) is 23.7 Å². The predicted octanol–water partition coefficient (Wildman–Crippen LogP) is 5.15. The Kier molecular flexibility index (Phi) is 8.63. The van der Waals surface area contributed by atoms with Gasteiger partial charge in [0.05, 0.1) is 40.9 Å². The van der Waals surface area contributed by atoms with Crippen molar-refractivity contribution in [3.05, 3.63) is 70.4 Å². The molecule has 3 heterocycles. The van der Waals surface area contributed by atoms with Gasteiger partial charge in [0.1, 0.15) is 11.6 Å². The summed E-state index contributed by atoms with van der Waals surface area (Å²) < 4.78 is 66.6. The number of nitrogens with zero attached hydrogens (tertiary/aromatic N) is 4. The minimum absolute atomic E-state index is 0.0949. The van der Waals surface area contributed by atoms with Crippen LogP contribution in [0.4, 0.5) is 26.2 Å². The van der Waals surface area contributed by atoms with Crippen LogP contribution in [0.5, 0.6) is 5.75 Å². The molecular weight excluding hydrogens is 598 g/mol. The number of methoxy groups -OCH3 is 1. The second kappa shape index (κ2) is 12.2. The van der Waals surface area contributed by atoms with E-state index in [1.165, 1.54) is 37.4 Å². The highest BCUT2D eigenvalue weighted by Crippen LogP contribution is 2.39. The molecular formula is C26H25ClF2N6O4S2. The van der Waals surface area contributed by atoms with Crippen molar-refractivity contribution in [1.29, 1.82) is 0 Å². The van der Waals surface area contributed by atoms with Crippen LogP contribution in [0.15, 0.2) is 57.4 Å². The van der Waals surface area contributed by atoms with E-state index in [0.717, 1.165) is 23.5 Å². The van der Waals surface area contributed by atoms with E-state index in [9.17, 15) is 12.8 Å². The maximum atomic E-state index is 15.3. The zero-order valence-corrected chi connectivity index (χ0v) is 24.3. The molecule has 0 spiro atoms. The topological polar surface area (TPSA) is 122 Å². The molecule has 2 N–H and O–H groups in total. The van der Waals surface area contributed by atoms with Gasteiger partial charge in [0.2, 0.25) is 5.75 Å². The Hall–Kier alpha value is -3.46. The number of H-pyrrole nitrogens is 1. The minimum atomic E-state index is -4.07. The Balaban J connectivity index is 1.46. The molecule has 0 aliphatic carbocycles. The van der Waals surface area contributed by atoms with E-state index in [1.807, 2.05) is 11.8 Å². The standard InChI is InChI=1S/C26H25ClF2N6O4S2/c1-15-12-21(34-33-15)30-24-23(38-2)25(35-8-10-39-11-9-35)32-26(31-24)40-20-7-6-17(13-19(20)28)41(36,37)14-16-4-3-5-18(27)22(16)29/h3-7,12-13H,8-11,14H2,1-2H3,(H2,30,31,32,33,34). The number of sulfone groups is 1. The first-order valence-corrected chi connectivity index (χ1v) is 15.2. The van der Waals surface area contributed by atoms with E-state index in [4.69, 9.17) is 21.1 Å². The molecule has 1 saturated heterocycles. The Bertz CT molecular complexity index is 1680. The van der Waals surface area contributed by atoms with Gasteiger partial charge in [-0.15, -0.1) is 0 Å². The van der Waals surface area contributed by atoms with Crippen LogP contribution in [0.3, 0.4) is 0 Å². The molecule has 0 radical (unpaired) electrons. The van der Waals surface area contributed by atoms with E-state index in [2.05, 4.69) is 25.5 Å². The molecule has 15 heteroatoms. The van der Waals surface area contributed by atoms with Crippen molar-refractivity contribution in [3.63, 3.8) is 0 Å². The Morgan fingerprint density at radius 1 is 1.17 bits per heavy atom. The van der Waals surface area contributed by atoms with Gasteiger partial charge >= 0.3 is 0 Å². The lowest BCUT2D eigenvalue weighted by Crippen LogP contribution is -2.37. The van der Waals surface area contributed by atoms with Crippen molar-refractivity contribution < 1.29 is 26.7 Å². The van der Waals surface area contributed by atoms with Crippen LogP contribution in [0.25, 0.3) is 0 Å². The van der Waals surface area contributed by atoms with Gasteiger partial charge < -0.3 is 19.7 Å². The molecule has 4 aromatic rings. The number of nitrogens with one attached hydrogen (secondary N) is 2. The largest absolute Gasteiger partial charge is 0.490 e. The monoisotopic (exact) mass is 622 g/mol. The number of hydrogen-bond acceptors (Lipinski definition) is 10. The lowest BCUT2D eigenvalue weighted by Gasteiger charge is -2.29. The van der Waals surface area contributed by atoms with E-state index in [0.29, 0.717) is 49.5 Å². The number of halogens is 3. The summed E-state index contributed by atoms with van der Waals surface area (Å²) in [6.45, 7) is 3.98. The van der Waals surface area contributed by atoms with Crippen molar-refractivity contribution >= 4 is 50.7 Å². The third-order valence-corrected chi connectivity index (χ3v) is 9.01. The predicted molar refractivity (Wildman–Crippen MR) is 151 cm³/mol. The van der Waals surface area contributed by atoms with Crippen molar-refractivity contribution in [2.45, 2.75) is 27.6 Å². The SMILES string of the molecule is COc1c(Nc2cc(C)[nH]n2)nc(Sc2ccc(S(=O)(=O)Cc3cccc(Cl)c3F)cc2F)nc1N1CCOCC1. The molecule has 0 atom stereocenters. The van der Waals surface area contributed by atoms with Gasteiger partial charge in [-0.25, -0.2) is 27.2 Å². The minimum Gasteiger partial charge on any atom is -0.490 e. The molecule has 41 heavy (non-hydrogen) atoms. The third-order valence-electron chi connectivity index (χ3n) is 6.14. The molecule has 2 aromatic heterocycles. The fourth-order valence-electron chi connectivity index (χ4n) is 4.13. The summed E-state index contributed by atoms with van der Waals surface area (Å²) in [7, 11) is -2.56. The number of anilines is 3. The molecule has 0 unspecified atom stereocenters. The molecule has 216 valence electrons. The van der Waals surface area contributed by atoms with Crippen molar-refractivity contribution in [2.75, 3.05) is 43.6 Å². The summed E-state index contributed by atoms with van der Waals surface area (Å²) in [4.78, 5) is 11.0. The molecule has 1 aliphatic heterocycles. The zero-order chi connectivity index (χ0) is 29.1. The highest BCUT2D eigenvalue weighted by molar-refractivity contribution is 7.99. The summed E-state index contributed by atoms with van der Waals surface area (Å²) >= 11 is 6.70. The molecule has 0 amide bonds. The van der Waals surface area contributed by atoms with Gasteiger partial charge in [0.25, 0.3) is 0 Å². The van der Waals surface area contributed by atoms with Crippen molar-refractivity contribution in [2.24, 2.45) is 0 Å². The van der Waals surface area contributed by atoms with Crippen LogP contribution in [-0.2, 0) is 20.3 Å². The fraction of sp³-hybridized carbons (Fsp3) is 0.269. The van der Waals surface area contributed by atoms with Gasteiger partial charge in [-0.3, -0.25) is 5.10 Å². The lowest BCUT2D eigenvalue weighted by atomic mass is 10.2. The smallest absolute Gasteiger partial charge is 0.204 e. The summed E-state index contributed by atoms with van der Waals surface area (Å²) in [5.41, 5.74) is 0.726. The van der Waals surface area contributed by atoms with Crippen LogP contribution in [-0.4, -0.2) is 62.0 Å². The second-order valence-electron chi connectivity index (χ2n) is 9.04. The van der Waals surface area contributed by atoms with Crippen LogP contribution in [0.2, 0.25) is 5.02 Å². The summed E-state index contributed by atoms with van der Waals surface area (Å²) in [5.74, 6) is -0.600. The van der Waals surface area contributed by atoms with Crippen molar-refractivity contribution in [1.82, 2.24) is 20.2 Å². The second-order valence-corrected chi connectivity index (χ2v) is 12.4. The summed E-state index contributed by atoms with van der Waals surface area (Å²) in [6, 6.07) is 9.38. The average molecular weight is 623 g/mol. The summed E-state index contributed by atoms with van der Waals surface area (Å²) in [5, 5.41) is 10.2. The van der Waals surface area contributed by atoms with Gasteiger partial charge in [-0.2, -0.15) is 5.10 Å². The number of ether oxygens (including phenoxy) is 2. The number of rotatable bonds is 9. The first-order chi connectivity index (χ1) is 19.6. The van der Waals surface area contributed by atoms with Gasteiger partial charge in [0.15, 0.2) is 32.4 Å². The lowest BCUT2D eigenvalue weighted by molar-refractivity contribution is 0.122. The van der Waals surface area contributed by atoms with Crippen LogP contribution in [0, 0.1) is 18.6 Å². The zero-order valence-electron chi connectivity index (χ0n) is 21.9. The number of aromatic amines is 1. The Morgan fingerprint density at radius 3 is 2.63 bits per heavy atom. The fourth-order valence-corrected chi connectivity index (χ4v) is 6.44. The first kappa shape index (κ1) is 29.0. The number of aromatic nitrogens is 4. The molecule has 5 rings (SSSR count). The number of aryl methyl sites for hydroxylation is 1. The molecule has 1 aliphatic rings. The average Bonchev–Trinajstić information content (AvgIpc) is 3.36. The highest BCUT2D eigenvalue weighted by Gasteiger charge is 2.25. The maximum Gasteiger partial charge on any atom is 0.204 e. The van der Waals surface area contributed by atoms with Crippen LogP contribution in [0.1, 0.15) is 11.3 Å². The van der Waals surface area contributed by atoms with Gasteiger partial charge in [-0.05, 0) is 43.0 Å². The Morgan fingerprint density at radius 2 is 1.95 bits per heavy atom. The molecule has 1 fully saturated rings. The number of morpholine rings is 1. The quantitative estimate of drug-likeness (QED) is 0.242. The number of hydrogen-bond donors (Lipinski definition) is 2. The van der Waals surface area contributed by atoms with Crippen LogP contribution >= 0.6 is 23.4 Å². The maximum absolute atomic E-state index is 15.3. The van der Waals surface area contributed by atoms with Crippen LogP contribution < -0.4 is 15.0 Å².